The lowest BCUT2D eigenvalue weighted by molar-refractivity contribution is 0.431. The second-order valence-electron chi connectivity index (χ2n) is 6.15. The van der Waals surface area contributed by atoms with Gasteiger partial charge in [0.15, 0.2) is 0 Å². The van der Waals surface area contributed by atoms with Crippen LogP contribution < -0.4 is 11.1 Å². The molecule has 0 saturated heterocycles. The highest BCUT2D eigenvalue weighted by atomic mass is 35.5. The first kappa shape index (κ1) is 15.0. The Labute approximate surface area is 145 Å². The molecule has 0 amide bonds. The van der Waals surface area contributed by atoms with Crippen LogP contribution in [0.5, 0.6) is 0 Å². The summed E-state index contributed by atoms with van der Waals surface area (Å²) in [5.74, 6) is 0.982. The SMILES string of the molecule is Cc1ccc([C@H]2C[C@@H](c3ccc(Cl)cc3)Nc3nc(N)nn32)cc1. The summed E-state index contributed by atoms with van der Waals surface area (Å²) in [5.41, 5.74) is 9.43. The van der Waals surface area contributed by atoms with Crippen molar-refractivity contribution in [2.45, 2.75) is 25.4 Å². The number of fused-ring (bicyclic) bond motifs is 1. The van der Waals surface area contributed by atoms with E-state index < -0.39 is 0 Å². The summed E-state index contributed by atoms with van der Waals surface area (Å²) in [7, 11) is 0. The molecule has 0 spiro atoms. The van der Waals surface area contributed by atoms with Crippen LogP contribution in [0.2, 0.25) is 5.02 Å². The molecule has 0 fully saturated rings. The van der Waals surface area contributed by atoms with Gasteiger partial charge in [0, 0.05) is 5.02 Å². The lowest BCUT2D eigenvalue weighted by Crippen LogP contribution is -2.28. The molecule has 6 heteroatoms. The molecule has 0 aliphatic carbocycles. The molecule has 1 aliphatic rings. The van der Waals surface area contributed by atoms with E-state index in [9.17, 15) is 0 Å². The number of halogens is 1. The zero-order chi connectivity index (χ0) is 16.7. The standard InChI is InChI=1S/C18H18ClN5/c1-11-2-4-13(5-3-11)16-10-15(12-6-8-14(19)9-7-12)21-18-22-17(20)23-24(16)18/h2-9,15-16H,10H2,1H3,(H3,20,21,22,23)/t15-,16+/m0/s1. The predicted octanol–water partition coefficient (Wildman–Crippen LogP) is 3.97. The van der Waals surface area contributed by atoms with Crippen molar-refractivity contribution in [2.75, 3.05) is 11.1 Å². The maximum Gasteiger partial charge on any atom is 0.241 e. The van der Waals surface area contributed by atoms with Gasteiger partial charge in [0.1, 0.15) is 0 Å². The Balaban J connectivity index is 1.74. The van der Waals surface area contributed by atoms with E-state index in [1.807, 2.05) is 28.9 Å². The molecule has 0 bridgehead atoms. The zero-order valence-corrected chi connectivity index (χ0v) is 14.0. The molecule has 0 unspecified atom stereocenters. The molecule has 122 valence electrons. The van der Waals surface area contributed by atoms with Gasteiger partial charge in [-0.3, -0.25) is 0 Å². The smallest absolute Gasteiger partial charge is 0.241 e. The molecule has 2 aromatic carbocycles. The summed E-state index contributed by atoms with van der Waals surface area (Å²) >= 11 is 6.01. The van der Waals surface area contributed by atoms with Crippen molar-refractivity contribution in [3.63, 3.8) is 0 Å². The van der Waals surface area contributed by atoms with E-state index in [0.29, 0.717) is 5.95 Å². The number of hydrogen-bond donors (Lipinski definition) is 2. The fourth-order valence-corrected chi connectivity index (χ4v) is 3.30. The van der Waals surface area contributed by atoms with E-state index >= 15 is 0 Å². The van der Waals surface area contributed by atoms with E-state index in [0.717, 1.165) is 11.4 Å². The highest BCUT2D eigenvalue weighted by Crippen LogP contribution is 2.38. The summed E-state index contributed by atoms with van der Waals surface area (Å²) in [6.45, 7) is 2.08. The number of nitrogens with two attached hydrogens (primary N) is 1. The van der Waals surface area contributed by atoms with Gasteiger partial charge in [-0.2, -0.15) is 4.98 Å². The quantitative estimate of drug-likeness (QED) is 0.741. The van der Waals surface area contributed by atoms with Crippen molar-refractivity contribution < 1.29 is 0 Å². The highest BCUT2D eigenvalue weighted by Gasteiger charge is 2.30. The van der Waals surface area contributed by atoms with Gasteiger partial charge < -0.3 is 11.1 Å². The summed E-state index contributed by atoms with van der Waals surface area (Å²) in [6, 6.07) is 16.7. The normalized spacial score (nSPS) is 19.6. The first-order valence-corrected chi connectivity index (χ1v) is 8.28. The van der Waals surface area contributed by atoms with Crippen molar-refractivity contribution in [1.29, 1.82) is 0 Å². The molecule has 1 aromatic heterocycles. The number of aryl methyl sites for hydroxylation is 1. The van der Waals surface area contributed by atoms with Crippen LogP contribution in [0.25, 0.3) is 0 Å². The molecule has 4 rings (SSSR count). The minimum Gasteiger partial charge on any atom is -0.366 e. The molecule has 5 nitrogen and oxygen atoms in total. The number of nitrogens with one attached hydrogen (secondary N) is 1. The molecular formula is C18H18ClN5. The van der Waals surface area contributed by atoms with E-state index in [-0.39, 0.29) is 18.0 Å². The van der Waals surface area contributed by atoms with E-state index in [1.165, 1.54) is 16.7 Å². The average molecular weight is 340 g/mol. The van der Waals surface area contributed by atoms with Gasteiger partial charge in [0.05, 0.1) is 12.1 Å². The monoisotopic (exact) mass is 339 g/mol. The van der Waals surface area contributed by atoms with Crippen molar-refractivity contribution in [1.82, 2.24) is 14.8 Å². The fraction of sp³-hybridized carbons (Fsp3) is 0.222. The number of nitrogen functional groups attached to an aromatic ring is 1. The summed E-state index contributed by atoms with van der Waals surface area (Å²) in [4.78, 5) is 4.33. The summed E-state index contributed by atoms with van der Waals surface area (Å²) in [5, 5.41) is 8.54. The van der Waals surface area contributed by atoms with Crippen molar-refractivity contribution >= 4 is 23.5 Å². The Hall–Kier alpha value is -2.53. The first-order valence-electron chi connectivity index (χ1n) is 7.91. The average Bonchev–Trinajstić information content (AvgIpc) is 2.95. The lowest BCUT2D eigenvalue weighted by atomic mass is 9.93. The van der Waals surface area contributed by atoms with Crippen molar-refractivity contribution in [3.05, 3.63) is 70.2 Å². The van der Waals surface area contributed by atoms with Crippen LogP contribution in [0.3, 0.4) is 0 Å². The molecule has 1 aliphatic heterocycles. The lowest BCUT2D eigenvalue weighted by Gasteiger charge is -2.31. The Morgan fingerprint density at radius 1 is 1.08 bits per heavy atom. The van der Waals surface area contributed by atoms with Gasteiger partial charge in [0.25, 0.3) is 0 Å². The first-order chi connectivity index (χ1) is 11.6. The van der Waals surface area contributed by atoms with Crippen LogP contribution in [-0.4, -0.2) is 14.8 Å². The minimum atomic E-state index is 0.0901. The Kier molecular flexibility index (Phi) is 3.65. The fourth-order valence-electron chi connectivity index (χ4n) is 3.17. The van der Waals surface area contributed by atoms with Crippen LogP contribution in [0.15, 0.2) is 48.5 Å². The van der Waals surface area contributed by atoms with Crippen molar-refractivity contribution in [3.8, 4) is 0 Å². The van der Waals surface area contributed by atoms with E-state index in [2.05, 4.69) is 46.6 Å². The number of benzene rings is 2. The number of rotatable bonds is 2. The topological polar surface area (TPSA) is 68.8 Å². The number of anilines is 2. The molecule has 0 radical (unpaired) electrons. The van der Waals surface area contributed by atoms with Crippen LogP contribution >= 0.6 is 11.6 Å². The van der Waals surface area contributed by atoms with Gasteiger partial charge in [-0.15, -0.1) is 5.10 Å². The Morgan fingerprint density at radius 2 is 1.75 bits per heavy atom. The second kappa shape index (κ2) is 5.83. The molecule has 24 heavy (non-hydrogen) atoms. The number of hydrogen-bond acceptors (Lipinski definition) is 4. The van der Waals surface area contributed by atoms with Crippen LogP contribution in [0.1, 0.15) is 35.2 Å². The Bertz CT molecular complexity index is 854. The van der Waals surface area contributed by atoms with Crippen molar-refractivity contribution in [2.24, 2.45) is 0 Å². The van der Waals surface area contributed by atoms with E-state index in [1.54, 1.807) is 0 Å². The van der Waals surface area contributed by atoms with Crippen LogP contribution in [-0.2, 0) is 0 Å². The number of nitrogens with zero attached hydrogens (tertiary/aromatic N) is 3. The van der Waals surface area contributed by atoms with Gasteiger partial charge in [-0.25, -0.2) is 4.68 Å². The third-order valence-corrected chi connectivity index (χ3v) is 4.69. The predicted molar refractivity (Wildman–Crippen MR) is 96.2 cm³/mol. The summed E-state index contributed by atoms with van der Waals surface area (Å²) < 4.78 is 1.88. The van der Waals surface area contributed by atoms with Crippen LogP contribution in [0.4, 0.5) is 11.9 Å². The molecule has 0 saturated carbocycles. The van der Waals surface area contributed by atoms with E-state index in [4.69, 9.17) is 17.3 Å². The number of aromatic nitrogens is 3. The second-order valence-corrected chi connectivity index (χ2v) is 6.59. The molecule has 2 heterocycles. The maximum atomic E-state index is 6.01. The van der Waals surface area contributed by atoms with Gasteiger partial charge in [-0.05, 0) is 36.6 Å². The zero-order valence-electron chi connectivity index (χ0n) is 13.3. The molecule has 3 aromatic rings. The molecule has 3 N–H and O–H groups in total. The third kappa shape index (κ3) is 2.71. The molecular weight excluding hydrogens is 322 g/mol. The minimum absolute atomic E-state index is 0.0901. The summed E-state index contributed by atoms with van der Waals surface area (Å²) in [6.07, 6.45) is 0.862. The Morgan fingerprint density at radius 3 is 2.46 bits per heavy atom. The highest BCUT2D eigenvalue weighted by molar-refractivity contribution is 6.30. The van der Waals surface area contributed by atoms with Gasteiger partial charge in [-0.1, -0.05) is 53.6 Å². The third-order valence-electron chi connectivity index (χ3n) is 4.44. The van der Waals surface area contributed by atoms with Gasteiger partial charge >= 0.3 is 0 Å². The molecule has 2 atom stereocenters. The van der Waals surface area contributed by atoms with Gasteiger partial charge in [0.2, 0.25) is 11.9 Å². The largest absolute Gasteiger partial charge is 0.366 e. The van der Waals surface area contributed by atoms with Crippen LogP contribution in [0, 0.1) is 6.92 Å². The maximum absolute atomic E-state index is 6.01.